The summed E-state index contributed by atoms with van der Waals surface area (Å²) < 4.78 is 0. The molecule has 2 heterocycles. The molecule has 0 aromatic carbocycles. The zero-order valence-electron chi connectivity index (χ0n) is 11.0. The van der Waals surface area contributed by atoms with Crippen LogP contribution in [0.15, 0.2) is 30.6 Å². The maximum absolute atomic E-state index is 11.7. The maximum atomic E-state index is 11.7. The van der Waals surface area contributed by atoms with Crippen LogP contribution in [0.5, 0.6) is 0 Å². The average molecular weight is 275 g/mol. The molecule has 0 spiro atoms. The van der Waals surface area contributed by atoms with Gasteiger partial charge in [-0.2, -0.15) is 0 Å². The smallest absolute Gasteiger partial charge is 0.174 e. The van der Waals surface area contributed by atoms with E-state index in [2.05, 4.69) is 17.2 Å². The van der Waals surface area contributed by atoms with Crippen molar-refractivity contribution in [2.75, 3.05) is 11.1 Å². The summed E-state index contributed by atoms with van der Waals surface area (Å²) >= 11 is 1.41. The molecule has 2 rings (SSSR count). The minimum absolute atomic E-state index is 0.0899. The summed E-state index contributed by atoms with van der Waals surface area (Å²) in [6.45, 7) is 3.90. The second-order valence-electron chi connectivity index (χ2n) is 4.32. The number of carbonyl (C=O) groups is 1. The van der Waals surface area contributed by atoms with Crippen LogP contribution in [0.1, 0.15) is 41.5 Å². The number of anilines is 2. The van der Waals surface area contributed by atoms with Crippen molar-refractivity contribution in [3.63, 3.8) is 0 Å². The van der Waals surface area contributed by atoms with Gasteiger partial charge in [0.2, 0.25) is 0 Å². The summed E-state index contributed by atoms with van der Waals surface area (Å²) in [5.74, 6) is 0.0899. The first kappa shape index (κ1) is 13.5. The van der Waals surface area contributed by atoms with E-state index in [9.17, 15) is 4.79 Å². The third-order valence-corrected chi connectivity index (χ3v) is 4.02. The fourth-order valence-corrected chi connectivity index (χ4v) is 2.88. The number of hydrogen-bond donors (Lipinski definition) is 2. The summed E-state index contributed by atoms with van der Waals surface area (Å²) in [7, 11) is 0. The highest BCUT2D eigenvalue weighted by molar-refractivity contribution is 7.18. The van der Waals surface area contributed by atoms with Gasteiger partial charge >= 0.3 is 0 Å². The van der Waals surface area contributed by atoms with E-state index in [0.29, 0.717) is 17.0 Å². The molecule has 0 aliphatic rings. The molecule has 0 saturated heterocycles. The Balaban J connectivity index is 2.14. The van der Waals surface area contributed by atoms with Gasteiger partial charge in [-0.3, -0.25) is 9.78 Å². The van der Waals surface area contributed by atoms with Crippen LogP contribution in [-0.2, 0) is 0 Å². The Morgan fingerprint density at radius 2 is 2.16 bits per heavy atom. The molecule has 0 radical (unpaired) electrons. The fourth-order valence-electron chi connectivity index (χ4n) is 1.80. The summed E-state index contributed by atoms with van der Waals surface area (Å²) in [5.41, 5.74) is 7.57. The van der Waals surface area contributed by atoms with Crippen LogP contribution < -0.4 is 11.1 Å². The molecule has 0 bridgehead atoms. The Morgan fingerprint density at radius 1 is 1.47 bits per heavy atom. The minimum atomic E-state index is 0.0899. The Kier molecular flexibility index (Phi) is 4.16. The van der Waals surface area contributed by atoms with Crippen molar-refractivity contribution in [2.24, 2.45) is 0 Å². The number of hydrogen-bond acceptors (Lipinski definition) is 5. The van der Waals surface area contributed by atoms with Gasteiger partial charge in [-0.1, -0.05) is 6.92 Å². The molecule has 100 valence electrons. The Morgan fingerprint density at radius 3 is 2.79 bits per heavy atom. The van der Waals surface area contributed by atoms with Crippen molar-refractivity contribution < 1.29 is 4.79 Å². The number of Topliss-reactive ketones (excluding diaryl/α,β-unsaturated/α-hetero) is 1. The zero-order chi connectivity index (χ0) is 13.8. The lowest BCUT2D eigenvalue weighted by molar-refractivity contribution is 0.0993. The molecular formula is C14H17N3OS. The normalized spacial score (nSPS) is 12.1. The van der Waals surface area contributed by atoms with Gasteiger partial charge in [0.05, 0.1) is 15.6 Å². The monoisotopic (exact) mass is 275 g/mol. The minimum Gasteiger partial charge on any atom is -0.397 e. The van der Waals surface area contributed by atoms with Crippen LogP contribution in [0.2, 0.25) is 0 Å². The van der Waals surface area contributed by atoms with Gasteiger partial charge in [0.1, 0.15) is 0 Å². The van der Waals surface area contributed by atoms with Crippen molar-refractivity contribution in [3.8, 4) is 0 Å². The standard InChI is InChI=1S/C14H17N3OS/c1-3-12(18)14-11(15)8-13(19-14)17-9(2)10-4-6-16-7-5-10/h4-9,17H,3,15H2,1-2H3. The molecule has 3 N–H and O–H groups in total. The van der Waals surface area contributed by atoms with Gasteiger partial charge < -0.3 is 11.1 Å². The van der Waals surface area contributed by atoms with Gasteiger partial charge in [-0.25, -0.2) is 0 Å². The lowest BCUT2D eigenvalue weighted by Crippen LogP contribution is -2.05. The Bertz CT molecular complexity index is 565. The lowest BCUT2D eigenvalue weighted by Gasteiger charge is -2.13. The molecule has 5 heteroatoms. The highest BCUT2D eigenvalue weighted by Crippen LogP contribution is 2.32. The molecule has 0 aliphatic carbocycles. The molecule has 0 aliphatic heterocycles. The topological polar surface area (TPSA) is 68.0 Å². The van der Waals surface area contributed by atoms with Crippen molar-refractivity contribution in [1.29, 1.82) is 0 Å². The highest BCUT2D eigenvalue weighted by Gasteiger charge is 2.14. The number of nitrogen functional groups attached to an aromatic ring is 1. The van der Waals surface area contributed by atoms with Crippen molar-refractivity contribution >= 4 is 27.8 Å². The van der Waals surface area contributed by atoms with E-state index in [1.54, 1.807) is 12.4 Å². The quantitative estimate of drug-likeness (QED) is 0.820. The summed E-state index contributed by atoms with van der Waals surface area (Å²) in [4.78, 5) is 16.3. The van der Waals surface area contributed by atoms with E-state index >= 15 is 0 Å². The Labute approximate surface area is 116 Å². The number of carbonyl (C=O) groups excluding carboxylic acids is 1. The van der Waals surface area contributed by atoms with Gasteiger partial charge in [0.25, 0.3) is 0 Å². The molecule has 2 aromatic heterocycles. The van der Waals surface area contributed by atoms with Gasteiger partial charge in [-0.15, -0.1) is 11.3 Å². The van der Waals surface area contributed by atoms with Crippen LogP contribution in [0.4, 0.5) is 10.7 Å². The molecule has 4 nitrogen and oxygen atoms in total. The largest absolute Gasteiger partial charge is 0.397 e. The van der Waals surface area contributed by atoms with E-state index in [1.165, 1.54) is 11.3 Å². The van der Waals surface area contributed by atoms with Crippen LogP contribution >= 0.6 is 11.3 Å². The maximum Gasteiger partial charge on any atom is 0.174 e. The van der Waals surface area contributed by atoms with E-state index in [1.807, 2.05) is 25.1 Å². The van der Waals surface area contributed by atoms with Crippen LogP contribution in [0.3, 0.4) is 0 Å². The first-order valence-corrected chi connectivity index (χ1v) is 7.02. The van der Waals surface area contributed by atoms with Crippen molar-refractivity contribution in [2.45, 2.75) is 26.3 Å². The van der Waals surface area contributed by atoms with Gasteiger partial charge in [-0.05, 0) is 30.7 Å². The van der Waals surface area contributed by atoms with Gasteiger partial charge in [0.15, 0.2) is 5.78 Å². The number of rotatable bonds is 5. The van der Waals surface area contributed by atoms with E-state index < -0.39 is 0 Å². The van der Waals surface area contributed by atoms with E-state index in [0.717, 1.165) is 10.6 Å². The van der Waals surface area contributed by atoms with Crippen LogP contribution in [0.25, 0.3) is 0 Å². The predicted octanol–water partition coefficient (Wildman–Crippen LogP) is 3.49. The number of thiophene rings is 1. The molecule has 19 heavy (non-hydrogen) atoms. The zero-order valence-corrected chi connectivity index (χ0v) is 11.8. The van der Waals surface area contributed by atoms with E-state index in [-0.39, 0.29) is 11.8 Å². The molecular weight excluding hydrogens is 258 g/mol. The number of nitrogens with two attached hydrogens (primary N) is 1. The number of pyridine rings is 1. The summed E-state index contributed by atoms with van der Waals surface area (Å²) in [5, 5.41) is 4.27. The highest BCUT2D eigenvalue weighted by atomic mass is 32.1. The Hall–Kier alpha value is -1.88. The van der Waals surface area contributed by atoms with Gasteiger partial charge in [0, 0.05) is 24.9 Å². The second-order valence-corrected chi connectivity index (χ2v) is 5.37. The van der Waals surface area contributed by atoms with Crippen molar-refractivity contribution in [3.05, 3.63) is 41.0 Å². The molecule has 0 saturated carbocycles. The fraction of sp³-hybridized carbons (Fsp3) is 0.286. The summed E-state index contributed by atoms with van der Waals surface area (Å²) in [6, 6.07) is 5.90. The average Bonchev–Trinajstić information content (AvgIpc) is 2.79. The first-order chi connectivity index (χ1) is 9.11. The number of aromatic nitrogens is 1. The van der Waals surface area contributed by atoms with Crippen molar-refractivity contribution in [1.82, 2.24) is 4.98 Å². The predicted molar refractivity (Wildman–Crippen MR) is 79.6 cm³/mol. The molecule has 1 unspecified atom stereocenters. The molecule has 0 amide bonds. The van der Waals surface area contributed by atoms with E-state index in [4.69, 9.17) is 5.73 Å². The number of ketones is 1. The van der Waals surface area contributed by atoms with Crippen LogP contribution in [-0.4, -0.2) is 10.8 Å². The third-order valence-electron chi connectivity index (χ3n) is 2.90. The molecule has 0 fully saturated rings. The second kappa shape index (κ2) is 5.84. The number of nitrogens with zero attached hydrogens (tertiary/aromatic N) is 1. The SMILES string of the molecule is CCC(=O)c1sc(NC(C)c2ccncc2)cc1N. The summed E-state index contributed by atoms with van der Waals surface area (Å²) in [6.07, 6.45) is 4.01. The first-order valence-electron chi connectivity index (χ1n) is 6.20. The third kappa shape index (κ3) is 3.12. The van der Waals surface area contributed by atoms with Crippen LogP contribution in [0, 0.1) is 0 Å². The molecule has 2 aromatic rings. The molecule has 1 atom stereocenters. The number of nitrogens with one attached hydrogen (secondary N) is 1. The lowest BCUT2D eigenvalue weighted by atomic mass is 10.1.